The molecule has 0 aromatic carbocycles. The zero-order valence-electron chi connectivity index (χ0n) is 9.47. The molecule has 1 atom stereocenters. The van der Waals surface area contributed by atoms with E-state index in [2.05, 4.69) is 27.0 Å². The van der Waals surface area contributed by atoms with Gasteiger partial charge < -0.3 is 5.73 Å². The van der Waals surface area contributed by atoms with Gasteiger partial charge in [-0.05, 0) is 54.3 Å². The number of rotatable bonds is 3. The standard InChI is InChI=1S/C12H15N3S/c1-8-5-11(9(2)15-14-8)12(13)6-10-3-4-16-7-10/h3-5,7,12H,6,13H2,1-2H3. The molecule has 0 spiro atoms. The Labute approximate surface area is 99.3 Å². The molecule has 2 aromatic heterocycles. The Morgan fingerprint density at radius 1 is 1.38 bits per heavy atom. The van der Waals surface area contributed by atoms with Crippen LogP contribution in [0.25, 0.3) is 0 Å². The summed E-state index contributed by atoms with van der Waals surface area (Å²) in [6.07, 6.45) is 0.857. The molecule has 0 aliphatic rings. The Morgan fingerprint density at radius 3 is 2.88 bits per heavy atom. The summed E-state index contributed by atoms with van der Waals surface area (Å²) in [5.74, 6) is 0. The van der Waals surface area contributed by atoms with Crippen molar-refractivity contribution < 1.29 is 0 Å². The minimum atomic E-state index is 0.00352. The Bertz CT molecular complexity index is 465. The molecule has 0 aliphatic carbocycles. The van der Waals surface area contributed by atoms with Crippen molar-refractivity contribution in [1.29, 1.82) is 0 Å². The molecular formula is C12H15N3S. The lowest BCUT2D eigenvalue weighted by atomic mass is 10.0. The SMILES string of the molecule is Cc1cc(C(N)Cc2ccsc2)c(C)nn1. The summed E-state index contributed by atoms with van der Waals surface area (Å²) in [6, 6.07) is 4.14. The fraction of sp³-hybridized carbons (Fsp3) is 0.333. The first-order chi connectivity index (χ1) is 7.66. The van der Waals surface area contributed by atoms with E-state index in [-0.39, 0.29) is 6.04 Å². The number of aromatic nitrogens is 2. The minimum absolute atomic E-state index is 0.00352. The molecule has 2 heterocycles. The molecule has 84 valence electrons. The van der Waals surface area contributed by atoms with Crippen LogP contribution in [0.5, 0.6) is 0 Å². The molecule has 3 nitrogen and oxygen atoms in total. The van der Waals surface area contributed by atoms with E-state index in [1.165, 1.54) is 5.56 Å². The molecule has 0 saturated carbocycles. The molecule has 4 heteroatoms. The number of hydrogen-bond donors (Lipinski definition) is 1. The van der Waals surface area contributed by atoms with Crippen LogP contribution in [-0.2, 0) is 6.42 Å². The van der Waals surface area contributed by atoms with Crippen molar-refractivity contribution in [3.63, 3.8) is 0 Å². The Balaban J connectivity index is 2.20. The highest BCUT2D eigenvalue weighted by Gasteiger charge is 2.11. The first-order valence-electron chi connectivity index (χ1n) is 5.24. The predicted octanol–water partition coefficient (Wildman–Crippen LogP) is 2.40. The van der Waals surface area contributed by atoms with Crippen LogP contribution >= 0.6 is 11.3 Å². The number of nitrogens with two attached hydrogens (primary N) is 1. The van der Waals surface area contributed by atoms with Crippen molar-refractivity contribution in [2.24, 2.45) is 5.73 Å². The zero-order chi connectivity index (χ0) is 11.5. The maximum absolute atomic E-state index is 6.19. The van der Waals surface area contributed by atoms with Crippen LogP contribution in [0.3, 0.4) is 0 Å². The first kappa shape index (κ1) is 11.2. The fourth-order valence-electron chi connectivity index (χ4n) is 1.72. The van der Waals surface area contributed by atoms with E-state index in [9.17, 15) is 0 Å². The van der Waals surface area contributed by atoms with E-state index in [0.29, 0.717) is 0 Å². The van der Waals surface area contributed by atoms with E-state index in [1.54, 1.807) is 11.3 Å². The van der Waals surface area contributed by atoms with Crippen LogP contribution in [-0.4, -0.2) is 10.2 Å². The van der Waals surface area contributed by atoms with Gasteiger partial charge >= 0.3 is 0 Å². The van der Waals surface area contributed by atoms with E-state index in [0.717, 1.165) is 23.4 Å². The molecule has 1 unspecified atom stereocenters. The van der Waals surface area contributed by atoms with Crippen molar-refractivity contribution in [3.05, 3.63) is 45.4 Å². The van der Waals surface area contributed by atoms with Crippen molar-refractivity contribution in [1.82, 2.24) is 10.2 Å². The topological polar surface area (TPSA) is 51.8 Å². The van der Waals surface area contributed by atoms with Crippen molar-refractivity contribution in [2.75, 3.05) is 0 Å². The molecule has 2 N–H and O–H groups in total. The van der Waals surface area contributed by atoms with E-state index >= 15 is 0 Å². The molecule has 0 bridgehead atoms. The summed E-state index contributed by atoms with van der Waals surface area (Å²) in [5.41, 5.74) is 10.4. The smallest absolute Gasteiger partial charge is 0.0648 e. The molecular weight excluding hydrogens is 218 g/mol. The highest BCUT2D eigenvalue weighted by atomic mass is 32.1. The van der Waals surface area contributed by atoms with Gasteiger partial charge in [-0.25, -0.2) is 0 Å². The lowest BCUT2D eigenvalue weighted by molar-refractivity contribution is 0.702. The van der Waals surface area contributed by atoms with Gasteiger partial charge in [0.2, 0.25) is 0 Å². The quantitative estimate of drug-likeness (QED) is 0.885. The normalized spacial score (nSPS) is 12.7. The van der Waals surface area contributed by atoms with E-state index in [4.69, 9.17) is 5.73 Å². The Morgan fingerprint density at radius 2 is 2.19 bits per heavy atom. The van der Waals surface area contributed by atoms with Gasteiger partial charge in [-0.1, -0.05) is 0 Å². The number of aryl methyl sites for hydroxylation is 2. The van der Waals surface area contributed by atoms with Gasteiger partial charge in [0.15, 0.2) is 0 Å². The molecule has 0 fully saturated rings. The van der Waals surface area contributed by atoms with Gasteiger partial charge in [-0.15, -0.1) is 0 Å². The summed E-state index contributed by atoms with van der Waals surface area (Å²) in [5, 5.41) is 12.3. The predicted molar refractivity (Wildman–Crippen MR) is 66.5 cm³/mol. The van der Waals surface area contributed by atoms with Crippen LogP contribution < -0.4 is 5.73 Å². The molecule has 0 saturated heterocycles. The maximum atomic E-state index is 6.19. The molecule has 16 heavy (non-hydrogen) atoms. The van der Waals surface area contributed by atoms with Crippen molar-refractivity contribution in [3.8, 4) is 0 Å². The molecule has 2 aromatic rings. The van der Waals surface area contributed by atoms with E-state index < -0.39 is 0 Å². The second kappa shape index (κ2) is 4.72. The summed E-state index contributed by atoms with van der Waals surface area (Å²) < 4.78 is 0. The molecule has 0 radical (unpaired) electrons. The van der Waals surface area contributed by atoms with Gasteiger partial charge in [0.05, 0.1) is 11.4 Å². The largest absolute Gasteiger partial charge is 0.324 e. The van der Waals surface area contributed by atoms with Gasteiger partial charge in [-0.3, -0.25) is 0 Å². The second-order valence-electron chi connectivity index (χ2n) is 3.97. The van der Waals surface area contributed by atoms with Crippen LogP contribution in [0.15, 0.2) is 22.9 Å². The summed E-state index contributed by atoms with van der Waals surface area (Å²) in [4.78, 5) is 0. The van der Waals surface area contributed by atoms with Crippen LogP contribution in [0.1, 0.15) is 28.6 Å². The number of hydrogen-bond acceptors (Lipinski definition) is 4. The highest BCUT2D eigenvalue weighted by Crippen LogP contribution is 2.19. The lowest BCUT2D eigenvalue weighted by Gasteiger charge is -2.13. The Hall–Kier alpha value is -1.26. The molecule has 0 aliphatic heterocycles. The third-order valence-electron chi connectivity index (χ3n) is 2.58. The van der Waals surface area contributed by atoms with Crippen LogP contribution in [0, 0.1) is 13.8 Å². The fourth-order valence-corrected chi connectivity index (χ4v) is 2.40. The molecule has 2 rings (SSSR count). The van der Waals surface area contributed by atoms with Gasteiger partial charge in [0.25, 0.3) is 0 Å². The van der Waals surface area contributed by atoms with Crippen LogP contribution in [0.2, 0.25) is 0 Å². The minimum Gasteiger partial charge on any atom is -0.324 e. The second-order valence-corrected chi connectivity index (χ2v) is 4.75. The maximum Gasteiger partial charge on any atom is 0.0648 e. The Kier molecular flexibility index (Phi) is 3.31. The average Bonchev–Trinajstić information content (AvgIpc) is 2.74. The third-order valence-corrected chi connectivity index (χ3v) is 3.31. The van der Waals surface area contributed by atoms with Gasteiger partial charge in [-0.2, -0.15) is 21.5 Å². The van der Waals surface area contributed by atoms with Crippen molar-refractivity contribution in [2.45, 2.75) is 26.3 Å². The zero-order valence-corrected chi connectivity index (χ0v) is 10.3. The van der Waals surface area contributed by atoms with E-state index in [1.807, 2.05) is 19.9 Å². The van der Waals surface area contributed by atoms with Crippen molar-refractivity contribution >= 4 is 11.3 Å². The monoisotopic (exact) mass is 233 g/mol. The molecule has 0 amide bonds. The van der Waals surface area contributed by atoms with Gasteiger partial charge in [0.1, 0.15) is 0 Å². The third kappa shape index (κ3) is 2.46. The number of thiophene rings is 1. The lowest BCUT2D eigenvalue weighted by Crippen LogP contribution is -2.15. The summed E-state index contributed by atoms with van der Waals surface area (Å²) in [7, 11) is 0. The number of nitrogens with zero attached hydrogens (tertiary/aromatic N) is 2. The summed E-state index contributed by atoms with van der Waals surface area (Å²) >= 11 is 1.70. The van der Waals surface area contributed by atoms with Gasteiger partial charge in [0, 0.05) is 6.04 Å². The average molecular weight is 233 g/mol. The summed E-state index contributed by atoms with van der Waals surface area (Å²) in [6.45, 7) is 3.89. The highest BCUT2D eigenvalue weighted by molar-refractivity contribution is 7.07. The van der Waals surface area contributed by atoms with Crippen LogP contribution in [0.4, 0.5) is 0 Å². The first-order valence-corrected chi connectivity index (χ1v) is 6.18.